The Kier molecular flexibility index (Phi) is 2.91. The summed E-state index contributed by atoms with van der Waals surface area (Å²) in [7, 11) is 3.17. The quantitative estimate of drug-likeness (QED) is 0.695. The number of hydrogen-bond donors (Lipinski definition) is 0. The average Bonchev–Trinajstić information content (AvgIpc) is 2.69. The lowest BCUT2D eigenvalue weighted by atomic mass is 10.3. The lowest BCUT2D eigenvalue weighted by Gasteiger charge is -2.30. The Morgan fingerprint density at radius 2 is 1.94 bits per heavy atom. The Labute approximate surface area is 101 Å². The molecule has 2 rings (SSSR count). The second-order valence-electron chi connectivity index (χ2n) is 4.19. The summed E-state index contributed by atoms with van der Waals surface area (Å²) in [6.07, 6.45) is -4.51. The SMILES string of the molecule is CN(C)C(=O)N1CCn2c(nnc2C(F)(F)F)C1. The Balaban J connectivity index is 2.23. The molecule has 0 radical (unpaired) electrons. The zero-order valence-electron chi connectivity index (χ0n) is 9.90. The van der Waals surface area contributed by atoms with Gasteiger partial charge in [-0.2, -0.15) is 13.2 Å². The molecule has 0 saturated heterocycles. The summed E-state index contributed by atoms with van der Waals surface area (Å²) < 4.78 is 38.8. The van der Waals surface area contributed by atoms with Crippen LogP contribution in [0.2, 0.25) is 0 Å². The monoisotopic (exact) mass is 263 g/mol. The lowest BCUT2D eigenvalue weighted by Crippen LogP contribution is -2.44. The maximum atomic E-state index is 12.6. The van der Waals surface area contributed by atoms with Gasteiger partial charge in [0.05, 0.1) is 6.54 Å². The number of amides is 2. The molecular weight excluding hydrogens is 251 g/mol. The van der Waals surface area contributed by atoms with E-state index in [4.69, 9.17) is 0 Å². The molecule has 0 aromatic carbocycles. The molecule has 6 nitrogen and oxygen atoms in total. The minimum Gasteiger partial charge on any atom is -0.331 e. The van der Waals surface area contributed by atoms with E-state index >= 15 is 0 Å². The molecule has 0 spiro atoms. The van der Waals surface area contributed by atoms with Crippen molar-refractivity contribution < 1.29 is 18.0 Å². The van der Waals surface area contributed by atoms with Crippen LogP contribution in [-0.4, -0.2) is 51.2 Å². The predicted molar refractivity (Wildman–Crippen MR) is 54.5 cm³/mol. The molecule has 1 aliphatic rings. The fraction of sp³-hybridized carbons (Fsp3) is 0.667. The van der Waals surface area contributed by atoms with Gasteiger partial charge in [0.15, 0.2) is 5.82 Å². The van der Waals surface area contributed by atoms with E-state index in [0.29, 0.717) is 0 Å². The Bertz CT molecular complexity index is 467. The van der Waals surface area contributed by atoms with Crippen LogP contribution in [0.5, 0.6) is 0 Å². The van der Waals surface area contributed by atoms with E-state index in [9.17, 15) is 18.0 Å². The average molecular weight is 263 g/mol. The van der Waals surface area contributed by atoms with Gasteiger partial charge in [-0.05, 0) is 0 Å². The molecule has 18 heavy (non-hydrogen) atoms. The second-order valence-corrected chi connectivity index (χ2v) is 4.19. The standard InChI is InChI=1S/C9H12F3N5O/c1-15(2)8(18)16-3-4-17-6(5-16)13-14-7(17)9(10,11)12/h3-5H2,1-2H3. The van der Waals surface area contributed by atoms with Crippen molar-refractivity contribution in [2.75, 3.05) is 20.6 Å². The molecule has 0 aliphatic carbocycles. The Morgan fingerprint density at radius 1 is 1.28 bits per heavy atom. The van der Waals surface area contributed by atoms with Crippen LogP contribution in [-0.2, 0) is 19.3 Å². The second kappa shape index (κ2) is 4.14. The minimum atomic E-state index is -4.51. The van der Waals surface area contributed by atoms with Gasteiger partial charge in [0.25, 0.3) is 0 Å². The van der Waals surface area contributed by atoms with Crippen LogP contribution in [0.4, 0.5) is 18.0 Å². The van der Waals surface area contributed by atoms with Crippen molar-refractivity contribution >= 4 is 6.03 Å². The molecule has 100 valence electrons. The Hall–Kier alpha value is -1.80. The molecule has 0 fully saturated rings. The summed E-state index contributed by atoms with van der Waals surface area (Å²) in [6, 6.07) is -0.252. The highest BCUT2D eigenvalue weighted by Crippen LogP contribution is 2.29. The lowest BCUT2D eigenvalue weighted by molar-refractivity contribution is -0.147. The van der Waals surface area contributed by atoms with Crippen molar-refractivity contribution in [1.29, 1.82) is 0 Å². The van der Waals surface area contributed by atoms with Crippen LogP contribution in [0.15, 0.2) is 0 Å². The fourth-order valence-electron chi connectivity index (χ4n) is 1.81. The zero-order chi connectivity index (χ0) is 13.5. The molecule has 0 atom stereocenters. The number of fused-ring (bicyclic) bond motifs is 1. The van der Waals surface area contributed by atoms with Gasteiger partial charge in [0, 0.05) is 27.2 Å². The van der Waals surface area contributed by atoms with Gasteiger partial charge in [-0.15, -0.1) is 10.2 Å². The van der Waals surface area contributed by atoms with Crippen LogP contribution in [0.1, 0.15) is 11.6 Å². The third kappa shape index (κ3) is 2.12. The van der Waals surface area contributed by atoms with E-state index in [1.54, 1.807) is 14.1 Å². The minimum absolute atomic E-state index is 0.0418. The molecule has 0 unspecified atom stereocenters. The van der Waals surface area contributed by atoms with Crippen molar-refractivity contribution in [3.05, 3.63) is 11.6 Å². The number of halogens is 3. The first kappa shape index (κ1) is 12.7. The summed E-state index contributed by atoms with van der Waals surface area (Å²) >= 11 is 0. The molecular formula is C9H12F3N5O. The summed E-state index contributed by atoms with van der Waals surface area (Å²) in [5.41, 5.74) is 0. The van der Waals surface area contributed by atoms with E-state index in [1.807, 2.05) is 0 Å². The Morgan fingerprint density at radius 3 is 2.50 bits per heavy atom. The zero-order valence-corrected chi connectivity index (χ0v) is 9.90. The van der Waals surface area contributed by atoms with E-state index in [0.717, 1.165) is 4.57 Å². The number of nitrogens with zero attached hydrogens (tertiary/aromatic N) is 5. The molecule has 0 N–H and O–H groups in total. The largest absolute Gasteiger partial charge is 0.451 e. The molecule has 2 amide bonds. The molecule has 1 aromatic heterocycles. The third-order valence-electron chi connectivity index (χ3n) is 2.66. The number of carbonyl (C=O) groups is 1. The summed E-state index contributed by atoms with van der Waals surface area (Å²) in [6.45, 7) is 0.308. The van der Waals surface area contributed by atoms with Crippen LogP contribution >= 0.6 is 0 Å². The molecule has 1 aromatic rings. The third-order valence-corrected chi connectivity index (χ3v) is 2.66. The van der Waals surface area contributed by atoms with Crippen LogP contribution < -0.4 is 0 Å². The summed E-state index contributed by atoms with van der Waals surface area (Å²) in [5, 5.41) is 6.64. The molecule has 9 heteroatoms. The topological polar surface area (TPSA) is 54.3 Å². The highest BCUT2D eigenvalue weighted by molar-refractivity contribution is 5.73. The van der Waals surface area contributed by atoms with Gasteiger partial charge in [-0.1, -0.05) is 0 Å². The molecule has 0 bridgehead atoms. The first-order chi connectivity index (χ1) is 8.30. The normalized spacial score (nSPS) is 15.5. The van der Waals surface area contributed by atoms with Crippen molar-refractivity contribution in [1.82, 2.24) is 24.6 Å². The van der Waals surface area contributed by atoms with Crippen molar-refractivity contribution in [2.24, 2.45) is 0 Å². The number of hydrogen-bond acceptors (Lipinski definition) is 3. The molecule has 1 aliphatic heterocycles. The van der Waals surface area contributed by atoms with Crippen molar-refractivity contribution in [3.8, 4) is 0 Å². The molecule has 0 saturated carbocycles. The van der Waals surface area contributed by atoms with Gasteiger partial charge in [0.1, 0.15) is 0 Å². The van der Waals surface area contributed by atoms with Gasteiger partial charge < -0.3 is 14.4 Å². The first-order valence-corrected chi connectivity index (χ1v) is 5.26. The highest BCUT2D eigenvalue weighted by Gasteiger charge is 2.39. The number of rotatable bonds is 0. The summed E-state index contributed by atoms with van der Waals surface area (Å²) in [4.78, 5) is 14.5. The maximum Gasteiger partial charge on any atom is 0.451 e. The van der Waals surface area contributed by atoms with Crippen LogP contribution in [0.3, 0.4) is 0 Å². The van der Waals surface area contributed by atoms with Gasteiger partial charge in [0.2, 0.25) is 5.82 Å². The summed E-state index contributed by atoms with van der Waals surface area (Å²) in [5.74, 6) is -0.849. The van der Waals surface area contributed by atoms with E-state index in [2.05, 4.69) is 10.2 Å². The first-order valence-electron chi connectivity index (χ1n) is 5.26. The van der Waals surface area contributed by atoms with Gasteiger partial charge in [-0.25, -0.2) is 4.79 Å². The highest BCUT2D eigenvalue weighted by atomic mass is 19.4. The van der Waals surface area contributed by atoms with Crippen molar-refractivity contribution in [3.63, 3.8) is 0 Å². The molecule has 2 heterocycles. The van der Waals surface area contributed by atoms with Gasteiger partial charge >= 0.3 is 12.2 Å². The van der Waals surface area contributed by atoms with Gasteiger partial charge in [-0.3, -0.25) is 0 Å². The van der Waals surface area contributed by atoms with E-state index in [1.165, 1.54) is 9.80 Å². The van der Waals surface area contributed by atoms with E-state index < -0.39 is 12.0 Å². The van der Waals surface area contributed by atoms with Crippen LogP contribution in [0.25, 0.3) is 0 Å². The van der Waals surface area contributed by atoms with Crippen molar-refractivity contribution in [2.45, 2.75) is 19.3 Å². The predicted octanol–water partition coefficient (Wildman–Crippen LogP) is 0.794. The number of carbonyl (C=O) groups excluding carboxylic acids is 1. The van der Waals surface area contributed by atoms with E-state index in [-0.39, 0.29) is 31.5 Å². The number of urea groups is 1. The number of aromatic nitrogens is 3. The number of alkyl halides is 3. The smallest absolute Gasteiger partial charge is 0.331 e. The fourth-order valence-corrected chi connectivity index (χ4v) is 1.81. The maximum absolute atomic E-state index is 12.6. The van der Waals surface area contributed by atoms with Crippen LogP contribution in [0, 0.1) is 0 Å².